The Morgan fingerprint density at radius 1 is 1.13 bits per heavy atom. The van der Waals surface area contributed by atoms with Crippen molar-refractivity contribution in [3.8, 4) is 11.1 Å². The van der Waals surface area contributed by atoms with Gasteiger partial charge in [-0.25, -0.2) is 0 Å². The predicted molar refractivity (Wildman–Crippen MR) is 119 cm³/mol. The second kappa shape index (κ2) is 8.16. The van der Waals surface area contributed by atoms with Crippen LogP contribution in [0.2, 0.25) is 5.02 Å². The van der Waals surface area contributed by atoms with Crippen LogP contribution in [-0.4, -0.2) is 29.9 Å². The highest BCUT2D eigenvalue weighted by Gasteiger charge is 2.56. The molecule has 0 aromatic heterocycles. The van der Waals surface area contributed by atoms with E-state index in [4.69, 9.17) is 16.3 Å². The van der Waals surface area contributed by atoms with Crippen molar-refractivity contribution in [1.82, 2.24) is 5.32 Å². The van der Waals surface area contributed by atoms with Crippen LogP contribution in [-0.2, 0) is 14.3 Å². The number of carbonyl (C=O) groups excluding carboxylic acids is 2. The molecule has 3 unspecified atom stereocenters. The molecule has 2 aromatic carbocycles. The summed E-state index contributed by atoms with van der Waals surface area (Å²) in [4.78, 5) is 26.5. The zero-order valence-electron chi connectivity index (χ0n) is 17.7. The van der Waals surface area contributed by atoms with Gasteiger partial charge in [0.2, 0.25) is 5.91 Å². The van der Waals surface area contributed by atoms with Crippen LogP contribution in [0.1, 0.15) is 50.2 Å². The van der Waals surface area contributed by atoms with Crippen LogP contribution >= 0.6 is 11.6 Å². The molecule has 4 rings (SSSR count). The molecule has 1 heterocycles. The molecule has 2 aromatic rings. The highest BCUT2D eigenvalue weighted by molar-refractivity contribution is 6.30. The van der Waals surface area contributed by atoms with Crippen molar-refractivity contribution in [3.05, 3.63) is 58.6 Å². The molecule has 1 amide bonds. The van der Waals surface area contributed by atoms with Crippen molar-refractivity contribution >= 4 is 23.3 Å². The summed E-state index contributed by atoms with van der Waals surface area (Å²) in [5.41, 5.74) is 2.92. The number of carbonyl (C=O) groups is 2. The standard InChI is InChI=1S/C25H28ClNO3/c1-15(2)14-30-20-10-11-25(13-20)23(28)22(24(29)27-25)21-12-18(5-4-16(21)3)17-6-8-19(26)9-7-17/h4-9,12,15,20,22H,10-11,13-14H2,1-3H3,(H,27,29). The van der Waals surface area contributed by atoms with E-state index in [1.807, 2.05) is 49.4 Å². The van der Waals surface area contributed by atoms with Gasteiger partial charge in [0.1, 0.15) is 11.5 Å². The summed E-state index contributed by atoms with van der Waals surface area (Å²) in [6.45, 7) is 6.85. The Kier molecular flexibility index (Phi) is 5.73. The lowest BCUT2D eigenvalue weighted by Crippen LogP contribution is -2.44. The average molecular weight is 426 g/mol. The zero-order chi connectivity index (χ0) is 21.5. The van der Waals surface area contributed by atoms with Crippen molar-refractivity contribution in [2.24, 2.45) is 5.92 Å². The van der Waals surface area contributed by atoms with Crippen LogP contribution in [0, 0.1) is 12.8 Å². The van der Waals surface area contributed by atoms with E-state index in [1.54, 1.807) is 0 Å². The van der Waals surface area contributed by atoms with Crippen LogP contribution in [0.25, 0.3) is 11.1 Å². The first-order valence-electron chi connectivity index (χ1n) is 10.6. The van der Waals surface area contributed by atoms with E-state index in [1.165, 1.54) is 0 Å². The third-order valence-corrected chi connectivity index (χ3v) is 6.51. The molecule has 158 valence electrons. The van der Waals surface area contributed by atoms with Gasteiger partial charge in [0.05, 0.1) is 6.10 Å². The molecule has 2 aliphatic rings. The highest BCUT2D eigenvalue weighted by Crippen LogP contribution is 2.42. The Morgan fingerprint density at radius 3 is 2.53 bits per heavy atom. The van der Waals surface area contributed by atoms with Crippen LogP contribution in [0.5, 0.6) is 0 Å². The molecule has 0 radical (unpaired) electrons. The van der Waals surface area contributed by atoms with Gasteiger partial charge in [-0.15, -0.1) is 0 Å². The number of ketones is 1. The number of rotatable bonds is 5. The third-order valence-electron chi connectivity index (χ3n) is 6.26. The van der Waals surface area contributed by atoms with E-state index in [0.29, 0.717) is 30.4 Å². The quantitative estimate of drug-likeness (QED) is 0.681. The summed E-state index contributed by atoms with van der Waals surface area (Å²) in [6.07, 6.45) is 2.04. The summed E-state index contributed by atoms with van der Waals surface area (Å²) < 4.78 is 5.97. The maximum atomic E-state index is 13.5. The number of amides is 1. The molecule has 1 aliphatic carbocycles. The lowest BCUT2D eigenvalue weighted by Gasteiger charge is -2.22. The van der Waals surface area contributed by atoms with Gasteiger partial charge in [0, 0.05) is 18.1 Å². The van der Waals surface area contributed by atoms with Crippen molar-refractivity contribution < 1.29 is 14.3 Å². The van der Waals surface area contributed by atoms with Crippen LogP contribution in [0.4, 0.5) is 0 Å². The van der Waals surface area contributed by atoms with E-state index in [0.717, 1.165) is 28.7 Å². The molecule has 1 spiro atoms. The van der Waals surface area contributed by atoms with Crippen LogP contribution in [0.15, 0.2) is 42.5 Å². The minimum absolute atomic E-state index is 0.0143. The lowest BCUT2D eigenvalue weighted by atomic mass is 9.83. The molecule has 2 fully saturated rings. The Morgan fingerprint density at radius 2 is 1.83 bits per heavy atom. The summed E-state index contributed by atoms with van der Waals surface area (Å²) in [5.74, 6) is -0.525. The lowest BCUT2D eigenvalue weighted by molar-refractivity contribution is -0.125. The Bertz CT molecular complexity index is 969. The van der Waals surface area contributed by atoms with Gasteiger partial charge in [0.25, 0.3) is 0 Å². The number of benzene rings is 2. The number of halogens is 1. The number of hydrogen-bond donors (Lipinski definition) is 1. The molecule has 1 saturated heterocycles. The van der Waals surface area contributed by atoms with E-state index < -0.39 is 11.5 Å². The minimum atomic E-state index is -0.786. The molecular formula is C25H28ClNO3. The molecule has 5 heteroatoms. The highest BCUT2D eigenvalue weighted by atomic mass is 35.5. The Labute approximate surface area is 183 Å². The summed E-state index contributed by atoms with van der Waals surface area (Å²) in [5, 5.41) is 3.73. The first kappa shape index (κ1) is 21.1. The summed E-state index contributed by atoms with van der Waals surface area (Å²) >= 11 is 6.01. The van der Waals surface area contributed by atoms with Gasteiger partial charge < -0.3 is 10.1 Å². The zero-order valence-corrected chi connectivity index (χ0v) is 18.5. The number of hydrogen-bond acceptors (Lipinski definition) is 3. The van der Waals surface area contributed by atoms with Gasteiger partial charge in [-0.3, -0.25) is 9.59 Å². The van der Waals surface area contributed by atoms with Crippen molar-refractivity contribution in [1.29, 1.82) is 0 Å². The normalized spacial score (nSPS) is 26.0. The molecular weight excluding hydrogens is 398 g/mol. The van der Waals surface area contributed by atoms with Crippen LogP contribution < -0.4 is 5.32 Å². The summed E-state index contributed by atoms with van der Waals surface area (Å²) in [6, 6.07) is 13.5. The molecule has 1 N–H and O–H groups in total. The Balaban J connectivity index is 1.60. The number of aryl methyl sites for hydroxylation is 1. The van der Waals surface area contributed by atoms with Gasteiger partial charge in [0.15, 0.2) is 5.78 Å². The van der Waals surface area contributed by atoms with E-state index in [9.17, 15) is 9.59 Å². The minimum Gasteiger partial charge on any atom is -0.378 e. The fourth-order valence-electron chi connectivity index (χ4n) is 4.63. The number of nitrogens with one attached hydrogen (secondary N) is 1. The monoisotopic (exact) mass is 425 g/mol. The van der Waals surface area contributed by atoms with E-state index >= 15 is 0 Å². The predicted octanol–water partition coefficient (Wildman–Crippen LogP) is 5.06. The first-order chi connectivity index (χ1) is 14.3. The van der Waals surface area contributed by atoms with Crippen molar-refractivity contribution in [3.63, 3.8) is 0 Å². The average Bonchev–Trinajstić information content (AvgIpc) is 3.22. The third kappa shape index (κ3) is 3.91. The topological polar surface area (TPSA) is 55.4 Å². The van der Waals surface area contributed by atoms with Gasteiger partial charge in [-0.1, -0.05) is 49.7 Å². The second-order valence-corrected chi connectivity index (χ2v) is 9.48. The number of Topliss-reactive ketones (excluding diaryl/α,β-unsaturated/α-hetero) is 1. The van der Waals surface area contributed by atoms with Crippen molar-refractivity contribution in [2.75, 3.05) is 6.61 Å². The van der Waals surface area contributed by atoms with E-state index in [2.05, 4.69) is 19.2 Å². The van der Waals surface area contributed by atoms with Crippen LogP contribution in [0.3, 0.4) is 0 Å². The maximum absolute atomic E-state index is 13.5. The Hall–Kier alpha value is -2.17. The summed E-state index contributed by atoms with van der Waals surface area (Å²) in [7, 11) is 0. The first-order valence-corrected chi connectivity index (χ1v) is 11.0. The molecule has 30 heavy (non-hydrogen) atoms. The number of ether oxygens (including phenoxy) is 1. The smallest absolute Gasteiger partial charge is 0.235 e. The molecule has 0 bridgehead atoms. The maximum Gasteiger partial charge on any atom is 0.235 e. The second-order valence-electron chi connectivity index (χ2n) is 9.04. The van der Waals surface area contributed by atoms with Crippen molar-refractivity contribution in [2.45, 2.75) is 57.6 Å². The van der Waals surface area contributed by atoms with E-state index in [-0.39, 0.29) is 17.8 Å². The largest absolute Gasteiger partial charge is 0.378 e. The van der Waals surface area contributed by atoms with Gasteiger partial charge in [-0.05, 0) is 66.1 Å². The van der Waals surface area contributed by atoms with Gasteiger partial charge >= 0.3 is 0 Å². The van der Waals surface area contributed by atoms with Gasteiger partial charge in [-0.2, -0.15) is 0 Å². The fraction of sp³-hybridized carbons (Fsp3) is 0.440. The fourth-order valence-corrected chi connectivity index (χ4v) is 4.76. The SMILES string of the molecule is Cc1ccc(-c2ccc(Cl)cc2)cc1C1C(=O)NC2(CCC(OCC(C)C)C2)C1=O. The molecule has 3 atom stereocenters. The molecule has 1 saturated carbocycles. The molecule has 4 nitrogen and oxygen atoms in total. The molecule has 1 aliphatic heterocycles.